The summed E-state index contributed by atoms with van der Waals surface area (Å²) in [6.45, 7) is 2.42. The standard InChI is InChI=1S/C13H19NO2/c1-10(15)7-11-5-6-13(16-4)12(8-11)9-14(2)3/h5-6,8H,7,9H2,1-4H3. The first-order valence-electron chi connectivity index (χ1n) is 5.33. The van der Waals surface area contributed by atoms with Gasteiger partial charge < -0.3 is 9.64 Å². The molecule has 0 saturated carbocycles. The van der Waals surface area contributed by atoms with E-state index in [0.717, 1.165) is 23.4 Å². The molecule has 1 rings (SSSR count). The monoisotopic (exact) mass is 221 g/mol. The molecule has 0 aliphatic carbocycles. The van der Waals surface area contributed by atoms with Gasteiger partial charge in [-0.2, -0.15) is 0 Å². The van der Waals surface area contributed by atoms with E-state index in [0.29, 0.717) is 6.42 Å². The lowest BCUT2D eigenvalue weighted by Gasteiger charge is -2.14. The smallest absolute Gasteiger partial charge is 0.134 e. The van der Waals surface area contributed by atoms with Gasteiger partial charge in [-0.05, 0) is 32.6 Å². The number of Topliss-reactive ketones (excluding diaryl/α,β-unsaturated/α-hetero) is 1. The minimum Gasteiger partial charge on any atom is -0.496 e. The molecule has 3 heteroatoms. The Balaban J connectivity index is 2.96. The minimum atomic E-state index is 0.181. The van der Waals surface area contributed by atoms with E-state index in [1.807, 2.05) is 32.3 Å². The van der Waals surface area contributed by atoms with Gasteiger partial charge in [0.25, 0.3) is 0 Å². The summed E-state index contributed by atoms with van der Waals surface area (Å²) in [6, 6.07) is 5.91. The fourth-order valence-electron chi connectivity index (χ4n) is 1.69. The third kappa shape index (κ3) is 3.66. The van der Waals surface area contributed by atoms with Gasteiger partial charge in [-0.15, -0.1) is 0 Å². The van der Waals surface area contributed by atoms with Crippen molar-refractivity contribution in [1.82, 2.24) is 4.90 Å². The number of hydrogen-bond acceptors (Lipinski definition) is 3. The van der Waals surface area contributed by atoms with E-state index in [1.165, 1.54) is 0 Å². The first-order valence-corrected chi connectivity index (χ1v) is 5.33. The molecule has 0 heterocycles. The number of methoxy groups -OCH3 is 1. The minimum absolute atomic E-state index is 0.181. The van der Waals surface area contributed by atoms with Crippen LogP contribution in [0.3, 0.4) is 0 Å². The van der Waals surface area contributed by atoms with E-state index < -0.39 is 0 Å². The lowest BCUT2D eigenvalue weighted by molar-refractivity contribution is -0.116. The summed E-state index contributed by atoms with van der Waals surface area (Å²) in [5, 5.41) is 0. The molecule has 1 aromatic rings. The SMILES string of the molecule is COc1ccc(CC(C)=O)cc1CN(C)C. The van der Waals surface area contributed by atoms with Gasteiger partial charge in [-0.3, -0.25) is 4.79 Å². The lowest BCUT2D eigenvalue weighted by atomic mass is 10.1. The van der Waals surface area contributed by atoms with E-state index in [4.69, 9.17) is 4.74 Å². The van der Waals surface area contributed by atoms with Crippen molar-refractivity contribution in [3.63, 3.8) is 0 Å². The molecule has 0 bridgehead atoms. The van der Waals surface area contributed by atoms with E-state index in [1.54, 1.807) is 14.0 Å². The fraction of sp³-hybridized carbons (Fsp3) is 0.462. The number of nitrogens with zero attached hydrogens (tertiary/aromatic N) is 1. The summed E-state index contributed by atoms with van der Waals surface area (Å²) in [5.74, 6) is 1.06. The molecule has 88 valence electrons. The van der Waals surface area contributed by atoms with Gasteiger partial charge in [-0.25, -0.2) is 0 Å². The van der Waals surface area contributed by atoms with E-state index in [-0.39, 0.29) is 5.78 Å². The van der Waals surface area contributed by atoms with Crippen LogP contribution in [-0.2, 0) is 17.8 Å². The third-order valence-electron chi connectivity index (χ3n) is 2.28. The molecule has 0 saturated heterocycles. The van der Waals surface area contributed by atoms with Crippen molar-refractivity contribution in [2.45, 2.75) is 19.9 Å². The Morgan fingerprint density at radius 1 is 1.38 bits per heavy atom. The Morgan fingerprint density at radius 2 is 2.06 bits per heavy atom. The molecule has 0 spiro atoms. The van der Waals surface area contributed by atoms with Crippen LogP contribution in [0.15, 0.2) is 18.2 Å². The number of rotatable bonds is 5. The fourth-order valence-corrected chi connectivity index (χ4v) is 1.69. The van der Waals surface area contributed by atoms with Gasteiger partial charge in [0.05, 0.1) is 7.11 Å². The molecule has 1 aromatic carbocycles. The predicted molar refractivity (Wildman–Crippen MR) is 64.8 cm³/mol. The zero-order chi connectivity index (χ0) is 12.1. The van der Waals surface area contributed by atoms with Crippen molar-refractivity contribution >= 4 is 5.78 Å². The van der Waals surface area contributed by atoms with E-state index in [2.05, 4.69) is 4.90 Å². The molecule has 0 N–H and O–H groups in total. The Bertz CT molecular complexity index is 372. The maximum atomic E-state index is 11.1. The highest BCUT2D eigenvalue weighted by Crippen LogP contribution is 2.21. The molecule has 0 aliphatic heterocycles. The molecular weight excluding hydrogens is 202 g/mol. The van der Waals surface area contributed by atoms with Crippen molar-refractivity contribution in [1.29, 1.82) is 0 Å². The molecule has 0 aromatic heterocycles. The van der Waals surface area contributed by atoms with Crippen molar-refractivity contribution in [2.24, 2.45) is 0 Å². The zero-order valence-corrected chi connectivity index (χ0v) is 10.4. The summed E-state index contributed by atoms with van der Waals surface area (Å²) in [4.78, 5) is 13.1. The quantitative estimate of drug-likeness (QED) is 0.760. The molecule has 0 aliphatic rings. The Labute approximate surface area is 97.0 Å². The Kier molecular flexibility index (Phi) is 4.50. The molecule has 16 heavy (non-hydrogen) atoms. The predicted octanol–water partition coefficient (Wildman–Crippen LogP) is 1.89. The molecule has 0 atom stereocenters. The van der Waals surface area contributed by atoms with Gasteiger partial charge in [0.1, 0.15) is 11.5 Å². The van der Waals surface area contributed by atoms with Crippen LogP contribution >= 0.6 is 0 Å². The van der Waals surface area contributed by atoms with Gasteiger partial charge in [0.15, 0.2) is 0 Å². The highest BCUT2D eigenvalue weighted by molar-refractivity contribution is 5.78. The van der Waals surface area contributed by atoms with Gasteiger partial charge in [0, 0.05) is 18.5 Å². The first kappa shape index (κ1) is 12.7. The number of carbonyl (C=O) groups excluding carboxylic acids is 1. The molecule has 0 radical (unpaired) electrons. The van der Waals surface area contributed by atoms with E-state index in [9.17, 15) is 4.79 Å². The molecule has 0 amide bonds. The Hall–Kier alpha value is -1.35. The van der Waals surface area contributed by atoms with Crippen molar-refractivity contribution < 1.29 is 9.53 Å². The van der Waals surface area contributed by atoms with Gasteiger partial charge >= 0.3 is 0 Å². The van der Waals surface area contributed by atoms with Crippen molar-refractivity contribution in [3.8, 4) is 5.75 Å². The second-order valence-corrected chi connectivity index (χ2v) is 4.26. The first-order chi connectivity index (χ1) is 7.52. The van der Waals surface area contributed by atoms with Crippen LogP contribution in [0.25, 0.3) is 0 Å². The van der Waals surface area contributed by atoms with Crippen LogP contribution in [0.5, 0.6) is 5.75 Å². The molecule has 0 unspecified atom stereocenters. The topological polar surface area (TPSA) is 29.5 Å². The molecule has 0 fully saturated rings. The maximum Gasteiger partial charge on any atom is 0.134 e. The average Bonchev–Trinajstić information content (AvgIpc) is 2.16. The van der Waals surface area contributed by atoms with Crippen LogP contribution in [0.1, 0.15) is 18.1 Å². The second-order valence-electron chi connectivity index (χ2n) is 4.26. The summed E-state index contributed by atoms with van der Waals surface area (Å²) in [7, 11) is 5.69. The summed E-state index contributed by atoms with van der Waals surface area (Å²) in [5.41, 5.74) is 2.16. The second kappa shape index (κ2) is 5.66. The van der Waals surface area contributed by atoms with E-state index >= 15 is 0 Å². The number of hydrogen-bond donors (Lipinski definition) is 0. The highest BCUT2D eigenvalue weighted by Gasteiger charge is 2.06. The zero-order valence-electron chi connectivity index (χ0n) is 10.4. The number of ether oxygens (including phenoxy) is 1. The average molecular weight is 221 g/mol. The van der Waals surface area contributed by atoms with Crippen LogP contribution in [-0.4, -0.2) is 31.9 Å². The number of benzene rings is 1. The summed E-state index contributed by atoms with van der Waals surface area (Å²) in [6.07, 6.45) is 0.490. The highest BCUT2D eigenvalue weighted by atomic mass is 16.5. The van der Waals surface area contributed by atoms with Crippen LogP contribution < -0.4 is 4.74 Å². The van der Waals surface area contributed by atoms with Gasteiger partial charge in [0.2, 0.25) is 0 Å². The van der Waals surface area contributed by atoms with Crippen molar-refractivity contribution in [3.05, 3.63) is 29.3 Å². The van der Waals surface area contributed by atoms with Crippen LogP contribution in [0.4, 0.5) is 0 Å². The van der Waals surface area contributed by atoms with Crippen LogP contribution in [0.2, 0.25) is 0 Å². The summed E-state index contributed by atoms with van der Waals surface area (Å²) < 4.78 is 5.29. The lowest BCUT2D eigenvalue weighted by Crippen LogP contribution is -2.12. The largest absolute Gasteiger partial charge is 0.496 e. The maximum absolute atomic E-state index is 11.1. The molecule has 3 nitrogen and oxygen atoms in total. The Morgan fingerprint density at radius 3 is 2.56 bits per heavy atom. The van der Waals surface area contributed by atoms with Gasteiger partial charge in [-0.1, -0.05) is 12.1 Å². The van der Waals surface area contributed by atoms with Crippen molar-refractivity contribution in [2.75, 3.05) is 21.2 Å². The van der Waals surface area contributed by atoms with Crippen LogP contribution in [0, 0.1) is 0 Å². The normalized spacial score (nSPS) is 10.6. The molecular formula is C13H19NO2. The summed E-state index contributed by atoms with van der Waals surface area (Å²) >= 11 is 0. The number of carbonyl (C=O) groups is 1. The number of ketones is 1. The third-order valence-corrected chi connectivity index (χ3v) is 2.28.